The third-order valence-electron chi connectivity index (χ3n) is 7.28. The van der Waals surface area contributed by atoms with Crippen molar-refractivity contribution < 1.29 is 4.25 Å². The first kappa shape index (κ1) is 22.4. The zero-order valence-electron chi connectivity index (χ0n) is 20.1. The summed E-state index contributed by atoms with van der Waals surface area (Å²) in [6.45, 7) is 7.21. The van der Waals surface area contributed by atoms with E-state index in [2.05, 4.69) is 110 Å². The largest absolute Gasteiger partial charge is 0.267 e. The van der Waals surface area contributed by atoms with Gasteiger partial charge in [-0.3, -0.25) is 9.57 Å². The fourth-order valence-electron chi connectivity index (χ4n) is 5.74. The van der Waals surface area contributed by atoms with Gasteiger partial charge in [0, 0.05) is 17.7 Å². The number of quaternary nitrogens is 1. The van der Waals surface area contributed by atoms with E-state index < -0.39 is 0 Å². The second-order valence-corrected chi connectivity index (χ2v) is 11.5. The predicted molar refractivity (Wildman–Crippen MR) is 143 cm³/mol. The van der Waals surface area contributed by atoms with E-state index in [9.17, 15) is 0 Å². The van der Waals surface area contributed by atoms with Gasteiger partial charge in [-0.05, 0) is 91.8 Å². The maximum absolute atomic E-state index is 4.68. The maximum Gasteiger partial charge on any atom is 0.211 e. The second-order valence-electron chi connectivity index (χ2n) is 9.60. The maximum atomic E-state index is 4.68. The minimum atomic E-state index is 0.00963. The number of nitrogens with zero attached hydrogens (tertiary/aromatic N) is 3. The molecular formula is C28H34N4P+. The molecule has 4 atom stereocenters. The Kier molecular flexibility index (Phi) is 5.96. The van der Waals surface area contributed by atoms with Gasteiger partial charge in [-0.2, -0.15) is 0 Å². The van der Waals surface area contributed by atoms with Crippen molar-refractivity contribution in [3.63, 3.8) is 0 Å². The number of rotatable bonds is 6. The number of benzene rings is 3. The van der Waals surface area contributed by atoms with Gasteiger partial charge in [0.15, 0.2) is 15.0 Å². The van der Waals surface area contributed by atoms with E-state index in [4.69, 9.17) is 0 Å². The number of fused-ring (bicyclic) bond motifs is 3. The summed E-state index contributed by atoms with van der Waals surface area (Å²) >= 11 is 0. The highest BCUT2D eigenvalue weighted by molar-refractivity contribution is 7.28. The number of hydrogen-bond donors (Lipinski definition) is 1. The summed E-state index contributed by atoms with van der Waals surface area (Å²) in [4.78, 5) is 4.68. The first-order valence-electron chi connectivity index (χ1n) is 11.7. The van der Waals surface area contributed by atoms with Gasteiger partial charge in [-0.1, -0.05) is 42.5 Å². The molecule has 0 fully saturated rings. The van der Waals surface area contributed by atoms with E-state index in [1.54, 1.807) is 0 Å². The zero-order valence-corrected chi connectivity index (χ0v) is 21.1. The molecule has 4 nitrogen and oxygen atoms in total. The molecule has 0 bridgehead atoms. The van der Waals surface area contributed by atoms with Crippen LogP contribution in [0.5, 0.6) is 0 Å². The molecule has 0 amide bonds. The molecule has 1 aliphatic carbocycles. The van der Waals surface area contributed by atoms with Crippen LogP contribution in [0.2, 0.25) is 0 Å². The Labute approximate surface area is 199 Å². The van der Waals surface area contributed by atoms with Crippen LogP contribution in [0.15, 0.2) is 59.6 Å². The molecule has 33 heavy (non-hydrogen) atoms. The van der Waals surface area contributed by atoms with Crippen molar-refractivity contribution in [2.45, 2.75) is 38.6 Å². The first-order chi connectivity index (χ1) is 15.9. The average molecular weight is 458 g/mol. The molecule has 0 radical (unpaired) electrons. The summed E-state index contributed by atoms with van der Waals surface area (Å²) in [6.07, 6.45) is 7.07. The van der Waals surface area contributed by atoms with Crippen molar-refractivity contribution in [3.8, 4) is 0 Å². The second kappa shape index (κ2) is 8.77. The Hall–Kier alpha value is -2.36. The molecule has 1 heterocycles. The summed E-state index contributed by atoms with van der Waals surface area (Å²) in [5.41, 5.74) is 8.30. The monoisotopic (exact) mass is 457 g/mol. The third-order valence-corrected chi connectivity index (χ3v) is 8.72. The SMILES string of the molecule is C=NC1c2cc3ccccc3cc2C(NC)[N+]1(C)PN(C)Cc1cc2c(cc1C)CCC=C2. The lowest BCUT2D eigenvalue weighted by atomic mass is 9.92. The van der Waals surface area contributed by atoms with E-state index >= 15 is 0 Å². The van der Waals surface area contributed by atoms with Crippen LogP contribution in [-0.2, 0) is 13.0 Å². The van der Waals surface area contributed by atoms with E-state index in [-0.39, 0.29) is 12.3 Å². The average Bonchev–Trinajstić information content (AvgIpc) is 3.03. The number of hydrogen-bond acceptors (Lipinski definition) is 3. The van der Waals surface area contributed by atoms with Crippen LogP contribution < -0.4 is 5.32 Å². The molecule has 0 aromatic heterocycles. The molecule has 170 valence electrons. The highest BCUT2D eigenvalue weighted by Crippen LogP contribution is 2.56. The van der Waals surface area contributed by atoms with Crippen LogP contribution in [0.4, 0.5) is 0 Å². The van der Waals surface area contributed by atoms with Gasteiger partial charge in [0.05, 0.1) is 7.05 Å². The quantitative estimate of drug-likeness (QED) is 0.356. The van der Waals surface area contributed by atoms with E-state index in [1.807, 2.05) is 0 Å². The Bertz CT molecular complexity index is 1250. The van der Waals surface area contributed by atoms with Crippen molar-refractivity contribution >= 4 is 32.4 Å². The fraction of sp³-hybridized carbons (Fsp3) is 0.321. The molecule has 2 aliphatic rings. The minimum absolute atomic E-state index is 0.00963. The van der Waals surface area contributed by atoms with Crippen LogP contribution in [0.3, 0.4) is 0 Å². The predicted octanol–water partition coefficient (Wildman–Crippen LogP) is 6.13. The standard InChI is InChI=1S/C28H34N4P/c1-19-14-20-10-6-7-11-21(20)15-24(19)18-31(4)33-32(5)27(29-2)25-16-22-12-8-9-13-23(22)17-26(25)28(32)30-3/h7-9,11-17,27-28,30,33H,2,6,10,18H2,1,3-5H3/q+1. The van der Waals surface area contributed by atoms with Crippen molar-refractivity contribution in [3.05, 3.63) is 88.0 Å². The Morgan fingerprint density at radius 2 is 1.88 bits per heavy atom. The lowest BCUT2D eigenvalue weighted by molar-refractivity contribution is -0.846. The molecule has 1 aliphatic heterocycles. The molecular weight excluding hydrogens is 423 g/mol. The molecule has 1 N–H and O–H groups in total. The van der Waals surface area contributed by atoms with Crippen molar-refractivity contribution in [1.29, 1.82) is 0 Å². The van der Waals surface area contributed by atoms with Crippen LogP contribution in [0.1, 0.15) is 52.1 Å². The van der Waals surface area contributed by atoms with Gasteiger partial charge in [-0.15, -0.1) is 0 Å². The lowest BCUT2D eigenvalue weighted by Crippen LogP contribution is -2.44. The summed E-state index contributed by atoms with van der Waals surface area (Å²) < 4.78 is 3.24. The molecule has 3 aromatic rings. The number of aliphatic imine (C=N–C) groups is 1. The van der Waals surface area contributed by atoms with Crippen molar-refractivity contribution in [2.75, 3.05) is 21.1 Å². The van der Waals surface area contributed by atoms with Gasteiger partial charge in [0.2, 0.25) is 6.17 Å². The van der Waals surface area contributed by atoms with Crippen molar-refractivity contribution in [1.82, 2.24) is 9.99 Å². The smallest absolute Gasteiger partial charge is 0.211 e. The van der Waals surface area contributed by atoms with Crippen molar-refractivity contribution in [2.24, 2.45) is 4.99 Å². The first-order valence-corrected chi connectivity index (χ1v) is 12.6. The number of nitrogens with one attached hydrogen (secondary N) is 1. The molecule has 3 aromatic carbocycles. The van der Waals surface area contributed by atoms with E-state index in [0.29, 0.717) is 8.88 Å². The summed E-state index contributed by atoms with van der Waals surface area (Å²) in [6, 6.07) is 18.1. The molecule has 0 saturated heterocycles. The third kappa shape index (κ3) is 3.86. The summed E-state index contributed by atoms with van der Waals surface area (Å²) in [5.74, 6) is 0. The van der Waals surface area contributed by atoms with E-state index in [0.717, 1.165) is 23.6 Å². The normalized spacial score (nSPS) is 24.0. The van der Waals surface area contributed by atoms with Crippen LogP contribution in [-0.4, -0.2) is 36.8 Å². The van der Waals surface area contributed by atoms with Crippen LogP contribution in [0, 0.1) is 6.92 Å². The van der Waals surface area contributed by atoms with E-state index in [1.165, 1.54) is 44.2 Å². The Balaban J connectivity index is 1.46. The number of allylic oxidation sites excluding steroid dienone is 1. The Morgan fingerprint density at radius 3 is 2.58 bits per heavy atom. The van der Waals surface area contributed by atoms with Crippen LogP contribution in [0.25, 0.3) is 16.8 Å². The van der Waals surface area contributed by atoms with Crippen LogP contribution >= 0.6 is 8.88 Å². The molecule has 4 unspecified atom stereocenters. The van der Waals surface area contributed by atoms with Gasteiger partial charge < -0.3 is 0 Å². The summed E-state index contributed by atoms with van der Waals surface area (Å²) in [7, 11) is 7.17. The Morgan fingerprint density at radius 1 is 1.15 bits per heavy atom. The minimum Gasteiger partial charge on any atom is -0.267 e. The molecule has 5 heteroatoms. The van der Waals surface area contributed by atoms with Gasteiger partial charge in [0.1, 0.15) is 0 Å². The molecule has 0 spiro atoms. The number of aryl methyl sites for hydroxylation is 2. The highest BCUT2D eigenvalue weighted by Gasteiger charge is 2.50. The summed E-state index contributed by atoms with van der Waals surface area (Å²) in [5, 5.41) is 6.16. The van der Waals surface area contributed by atoms with Gasteiger partial charge in [-0.25, -0.2) is 9.66 Å². The topological polar surface area (TPSA) is 27.6 Å². The zero-order chi connectivity index (χ0) is 23.2. The van der Waals surface area contributed by atoms with Gasteiger partial charge in [0.25, 0.3) is 0 Å². The lowest BCUT2D eigenvalue weighted by Gasteiger charge is -2.40. The molecule has 5 rings (SSSR count). The molecule has 0 saturated carbocycles. The highest BCUT2D eigenvalue weighted by atomic mass is 31.1. The fourth-order valence-corrected chi connectivity index (χ4v) is 7.43. The van der Waals surface area contributed by atoms with Gasteiger partial charge >= 0.3 is 0 Å².